The van der Waals surface area contributed by atoms with Gasteiger partial charge >= 0.3 is 0 Å². The minimum absolute atomic E-state index is 0.147. The second-order valence-electron chi connectivity index (χ2n) is 4.82. The molecule has 0 aromatic carbocycles. The van der Waals surface area contributed by atoms with Crippen molar-refractivity contribution in [2.24, 2.45) is 5.84 Å². The monoisotopic (exact) mass is 304 g/mol. The van der Waals surface area contributed by atoms with E-state index in [1.807, 2.05) is 18.5 Å². The van der Waals surface area contributed by atoms with Crippen LogP contribution < -0.4 is 11.3 Å². The molecule has 17 heavy (non-hydrogen) atoms. The molecule has 98 valence electrons. The normalized spacial score (nSPS) is 14.4. The van der Waals surface area contributed by atoms with Crippen LogP contribution in [0.15, 0.2) is 10.7 Å². The maximum Gasteiger partial charge on any atom is 0.0924 e. The Kier molecular flexibility index (Phi) is 4.71. The largest absolute Gasteiger partial charge is 0.377 e. The van der Waals surface area contributed by atoms with E-state index in [9.17, 15) is 0 Å². The topological polar surface area (TPSA) is 65.1 Å². The molecule has 1 aromatic rings. The molecule has 0 saturated carbocycles. The zero-order valence-electron chi connectivity index (χ0n) is 11.0. The SMILES string of the molecule is COC(C)(C)C(NN)c1c(Br)cnn1C(C)C. The summed E-state index contributed by atoms with van der Waals surface area (Å²) >= 11 is 3.51. The van der Waals surface area contributed by atoms with Crippen molar-refractivity contribution in [1.29, 1.82) is 0 Å². The molecule has 0 amide bonds. The minimum atomic E-state index is -0.427. The van der Waals surface area contributed by atoms with E-state index in [4.69, 9.17) is 10.6 Å². The summed E-state index contributed by atoms with van der Waals surface area (Å²) in [6, 6.07) is 0.117. The highest BCUT2D eigenvalue weighted by atomic mass is 79.9. The minimum Gasteiger partial charge on any atom is -0.377 e. The predicted octanol–water partition coefficient (Wildman–Crippen LogP) is 2.16. The summed E-state index contributed by atoms with van der Waals surface area (Å²) in [5, 5.41) is 4.35. The average Bonchev–Trinajstić information content (AvgIpc) is 2.62. The van der Waals surface area contributed by atoms with Gasteiger partial charge in [-0.1, -0.05) is 0 Å². The third-order valence-electron chi connectivity index (χ3n) is 2.94. The van der Waals surface area contributed by atoms with Gasteiger partial charge in [0.05, 0.1) is 28.0 Å². The highest BCUT2D eigenvalue weighted by molar-refractivity contribution is 9.10. The van der Waals surface area contributed by atoms with Crippen LogP contribution in [0.3, 0.4) is 0 Å². The molecule has 0 aliphatic carbocycles. The van der Waals surface area contributed by atoms with Gasteiger partial charge in [0.25, 0.3) is 0 Å². The van der Waals surface area contributed by atoms with Gasteiger partial charge in [-0.25, -0.2) is 5.43 Å². The quantitative estimate of drug-likeness (QED) is 0.646. The van der Waals surface area contributed by atoms with Gasteiger partial charge in [-0.3, -0.25) is 10.5 Å². The van der Waals surface area contributed by atoms with Crippen LogP contribution in [0, 0.1) is 0 Å². The number of halogens is 1. The molecule has 6 heteroatoms. The van der Waals surface area contributed by atoms with Crippen LogP contribution in [0.5, 0.6) is 0 Å². The Bertz CT molecular complexity index is 376. The maximum absolute atomic E-state index is 5.67. The molecular weight excluding hydrogens is 284 g/mol. The van der Waals surface area contributed by atoms with Gasteiger partial charge in [-0.15, -0.1) is 0 Å². The Morgan fingerprint density at radius 1 is 1.53 bits per heavy atom. The molecule has 1 unspecified atom stereocenters. The van der Waals surface area contributed by atoms with E-state index in [2.05, 4.69) is 40.3 Å². The van der Waals surface area contributed by atoms with Crippen LogP contribution in [0.2, 0.25) is 0 Å². The van der Waals surface area contributed by atoms with Crippen LogP contribution in [0.1, 0.15) is 45.5 Å². The van der Waals surface area contributed by atoms with Crippen molar-refractivity contribution in [3.63, 3.8) is 0 Å². The number of hydrazine groups is 1. The molecule has 1 atom stereocenters. The molecule has 0 saturated heterocycles. The Balaban J connectivity index is 3.25. The van der Waals surface area contributed by atoms with Crippen LogP contribution in [-0.4, -0.2) is 22.5 Å². The zero-order valence-corrected chi connectivity index (χ0v) is 12.6. The van der Waals surface area contributed by atoms with Gasteiger partial charge in [0.15, 0.2) is 0 Å². The lowest BCUT2D eigenvalue weighted by molar-refractivity contribution is -0.0140. The number of nitrogens with zero attached hydrogens (tertiary/aromatic N) is 2. The first-order chi connectivity index (χ1) is 7.85. The molecule has 0 aliphatic heterocycles. The number of hydrogen-bond donors (Lipinski definition) is 2. The molecule has 1 heterocycles. The predicted molar refractivity (Wildman–Crippen MR) is 71.5 cm³/mol. The lowest BCUT2D eigenvalue weighted by Crippen LogP contribution is -2.45. The summed E-state index contributed by atoms with van der Waals surface area (Å²) < 4.78 is 8.37. The third kappa shape index (κ3) is 2.88. The Morgan fingerprint density at radius 2 is 2.12 bits per heavy atom. The number of rotatable bonds is 5. The second-order valence-corrected chi connectivity index (χ2v) is 5.68. The maximum atomic E-state index is 5.67. The van der Waals surface area contributed by atoms with Crippen molar-refractivity contribution in [2.45, 2.75) is 45.4 Å². The third-order valence-corrected chi connectivity index (χ3v) is 3.55. The first-order valence-corrected chi connectivity index (χ1v) is 6.38. The molecule has 0 bridgehead atoms. The van der Waals surface area contributed by atoms with Gasteiger partial charge in [-0.05, 0) is 43.6 Å². The van der Waals surface area contributed by atoms with Gasteiger partial charge in [0.2, 0.25) is 0 Å². The zero-order chi connectivity index (χ0) is 13.2. The van der Waals surface area contributed by atoms with Gasteiger partial charge in [0, 0.05) is 13.2 Å². The van der Waals surface area contributed by atoms with E-state index >= 15 is 0 Å². The van der Waals surface area contributed by atoms with Gasteiger partial charge in [0.1, 0.15) is 0 Å². The fourth-order valence-electron chi connectivity index (χ4n) is 1.76. The lowest BCUT2D eigenvalue weighted by atomic mass is 9.96. The number of methoxy groups -OCH3 is 1. The van der Waals surface area contributed by atoms with E-state index in [0.717, 1.165) is 10.2 Å². The molecule has 0 spiro atoms. The summed E-state index contributed by atoms with van der Waals surface area (Å²) in [5.74, 6) is 5.67. The second kappa shape index (κ2) is 5.48. The van der Waals surface area contributed by atoms with Crippen molar-refractivity contribution in [3.8, 4) is 0 Å². The molecule has 0 fully saturated rings. The molecule has 1 rings (SSSR count). The highest BCUT2D eigenvalue weighted by Gasteiger charge is 2.34. The van der Waals surface area contributed by atoms with E-state index < -0.39 is 5.60 Å². The van der Waals surface area contributed by atoms with Crippen molar-refractivity contribution >= 4 is 15.9 Å². The number of hydrogen-bond acceptors (Lipinski definition) is 4. The van der Waals surface area contributed by atoms with Crippen molar-refractivity contribution in [1.82, 2.24) is 15.2 Å². The molecule has 3 N–H and O–H groups in total. The van der Waals surface area contributed by atoms with E-state index in [-0.39, 0.29) is 12.1 Å². The molecule has 5 nitrogen and oxygen atoms in total. The van der Waals surface area contributed by atoms with Crippen LogP contribution in [0.4, 0.5) is 0 Å². The Hall–Kier alpha value is -0.430. The Morgan fingerprint density at radius 3 is 2.53 bits per heavy atom. The number of ether oxygens (including phenoxy) is 1. The standard InChI is InChI=1S/C11H21BrN4O/c1-7(2)16-9(8(12)6-14-16)10(15-13)11(3,4)17-5/h6-7,10,15H,13H2,1-5H3. The number of aromatic nitrogens is 2. The summed E-state index contributed by atoms with van der Waals surface area (Å²) in [4.78, 5) is 0. The number of nitrogens with one attached hydrogen (secondary N) is 1. The number of nitrogens with two attached hydrogens (primary N) is 1. The highest BCUT2D eigenvalue weighted by Crippen LogP contribution is 2.33. The summed E-state index contributed by atoms with van der Waals surface area (Å²) in [6.07, 6.45) is 1.78. The molecular formula is C11H21BrN4O. The summed E-state index contributed by atoms with van der Waals surface area (Å²) in [7, 11) is 1.67. The molecule has 1 aromatic heterocycles. The van der Waals surface area contributed by atoms with Gasteiger partial charge < -0.3 is 4.74 Å². The van der Waals surface area contributed by atoms with Crippen molar-refractivity contribution in [2.75, 3.05) is 7.11 Å². The molecule has 0 aliphatic rings. The fourth-order valence-corrected chi connectivity index (χ4v) is 2.26. The van der Waals surface area contributed by atoms with E-state index in [1.165, 1.54) is 0 Å². The van der Waals surface area contributed by atoms with E-state index in [0.29, 0.717) is 0 Å². The van der Waals surface area contributed by atoms with Gasteiger partial charge in [-0.2, -0.15) is 5.10 Å². The lowest BCUT2D eigenvalue weighted by Gasteiger charge is -2.33. The smallest absolute Gasteiger partial charge is 0.0924 e. The van der Waals surface area contributed by atoms with Crippen molar-refractivity contribution < 1.29 is 4.74 Å². The molecule has 0 radical (unpaired) electrons. The first kappa shape index (κ1) is 14.6. The fraction of sp³-hybridized carbons (Fsp3) is 0.727. The van der Waals surface area contributed by atoms with Crippen LogP contribution in [0.25, 0.3) is 0 Å². The van der Waals surface area contributed by atoms with Crippen LogP contribution in [-0.2, 0) is 4.74 Å². The first-order valence-electron chi connectivity index (χ1n) is 5.59. The average molecular weight is 305 g/mol. The summed E-state index contributed by atoms with van der Waals surface area (Å²) in [6.45, 7) is 8.13. The Labute approximate surface area is 111 Å². The van der Waals surface area contributed by atoms with E-state index in [1.54, 1.807) is 13.3 Å². The summed E-state index contributed by atoms with van der Waals surface area (Å²) in [5.41, 5.74) is 3.38. The van der Waals surface area contributed by atoms with Crippen LogP contribution >= 0.6 is 15.9 Å². The van der Waals surface area contributed by atoms with Crippen molar-refractivity contribution in [3.05, 3.63) is 16.4 Å².